The number of carboxylic acids is 1. The lowest BCUT2D eigenvalue weighted by molar-refractivity contribution is -0.120. The van der Waals surface area contributed by atoms with Gasteiger partial charge in [-0.15, -0.1) is 0 Å². The summed E-state index contributed by atoms with van der Waals surface area (Å²) in [6.07, 6.45) is 0. The van der Waals surface area contributed by atoms with Crippen LogP contribution in [-0.2, 0) is 15.6 Å². The molecule has 1 aliphatic rings. The first kappa shape index (κ1) is 20.9. The van der Waals surface area contributed by atoms with Crippen molar-refractivity contribution < 1.29 is 14.7 Å². The maximum atomic E-state index is 13.9. The van der Waals surface area contributed by atoms with Gasteiger partial charge in [-0.05, 0) is 66.3 Å². The Morgan fingerprint density at radius 3 is 2.10 bits per heavy atom. The van der Waals surface area contributed by atoms with E-state index in [4.69, 9.17) is 0 Å². The second-order valence-electron chi connectivity index (χ2n) is 9.47. The third-order valence-electron chi connectivity index (χ3n) is 6.26. The highest BCUT2D eigenvalue weighted by Crippen LogP contribution is 2.49. The van der Waals surface area contributed by atoms with Gasteiger partial charge in [0, 0.05) is 5.69 Å². The first-order valence-corrected chi connectivity index (χ1v) is 10.4. The van der Waals surface area contributed by atoms with E-state index < -0.39 is 11.4 Å². The average molecular weight is 414 g/mol. The Kier molecular flexibility index (Phi) is 4.77. The lowest BCUT2D eigenvalue weighted by atomic mass is 9.75. The molecule has 0 saturated carbocycles. The van der Waals surface area contributed by atoms with E-state index >= 15 is 0 Å². The zero-order chi connectivity index (χ0) is 22.6. The molecule has 1 unspecified atom stereocenters. The van der Waals surface area contributed by atoms with Crippen LogP contribution in [-0.4, -0.2) is 17.0 Å². The van der Waals surface area contributed by atoms with E-state index in [9.17, 15) is 14.7 Å². The number of anilines is 2. The molecule has 0 bridgehead atoms. The monoisotopic (exact) mass is 413 g/mol. The van der Waals surface area contributed by atoms with Gasteiger partial charge in [0.25, 0.3) is 0 Å². The maximum absolute atomic E-state index is 13.9. The lowest BCUT2D eigenvalue weighted by Gasteiger charge is -2.27. The lowest BCUT2D eigenvalue weighted by Crippen LogP contribution is -2.36. The van der Waals surface area contributed by atoms with Crippen molar-refractivity contribution in [2.24, 2.45) is 0 Å². The molecule has 0 aromatic heterocycles. The largest absolute Gasteiger partial charge is 0.478 e. The highest BCUT2D eigenvalue weighted by molar-refractivity contribution is 6.14. The van der Waals surface area contributed by atoms with Crippen molar-refractivity contribution in [3.63, 3.8) is 0 Å². The zero-order valence-electron chi connectivity index (χ0n) is 18.6. The number of hydrogen-bond acceptors (Lipinski definition) is 2. The molecule has 1 N–H and O–H groups in total. The molecule has 0 fully saturated rings. The number of carbonyl (C=O) groups is 2. The number of hydrogen-bond donors (Lipinski definition) is 1. The Labute approximate surface area is 183 Å². The molecule has 0 aliphatic carbocycles. The molecule has 0 saturated heterocycles. The van der Waals surface area contributed by atoms with Gasteiger partial charge in [-0.1, -0.05) is 62.7 Å². The number of carbonyl (C=O) groups excluding carboxylic acids is 1. The van der Waals surface area contributed by atoms with Crippen molar-refractivity contribution in [1.29, 1.82) is 0 Å². The van der Waals surface area contributed by atoms with Crippen LogP contribution in [0, 0.1) is 6.92 Å². The first-order chi connectivity index (χ1) is 14.5. The Morgan fingerprint density at radius 1 is 0.935 bits per heavy atom. The van der Waals surface area contributed by atoms with Crippen LogP contribution in [0.1, 0.15) is 60.3 Å². The van der Waals surface area contributed by atoms with Crippen LogP contribution >= 0.6 is 0 Å². The topological polar surface area (TPSA) is 57.6 Å². The molecule has 4 nitrogen and oxygen atoms in total. The number of aryl methyl sites for hydroxylation is 1. The molecule has 3 aromatic rings. The van der Waals surface area contributed by atoms with Gasteiger partial charge >= 0.3 is 5.97 Å². The van der Waals surface area contributed by atoms with Crippen LogP contribution in [0.3, 0.4) is 0 Å². The van der Waals surface area contributed by atoms with Crippen LogP contribution in [0.4, 0.5) is 11.4 Å². The van der Waals surface area contributed by atoms with E-state index in [0.717, 1.165) is 22.4 Å². The minimum atomic E-state index is -0.987. The average Bonchev–Trinajstić information content (AvgIpc) is 2.95. The molecule has 1 heterocycles. The van der Waals surface area contributed by atoms with Crippen LogP contribution in [0.25, 0.3) is 0 Å². The molecule has 1 atom stereocenters. The quantitative estimate of drug-likeness (QED) is 0.575. The number of nitrogens with zero attached hydrogens (tertiary/aromatic N) is 1. The summed E-state index contributed by atoms with van der Waals surface area (Å²) in [5.41, 5.74) is 5.11. The number of benzene rings is 3. The van der Waals surface area contributed by atoms with Crippen LogP contribution in [0.2, 0.25) is 0 Å². The van der Waals surface area contributed by atoms with Crippen LogP contribution < -0.4 is 4.90 Å². The van der Waals surface area contributed by atoms with Gasteiger partial charge in [0.1, 0.15) is 0 Å². The smallest absolute Gasteiger partial charge is 0.335 e. The molecule has 4 rings (SSSR count). The number of amides is 1. The summed E-state index contributed by atoms with van der Waals surface area (Å²) in [6.45, 7) is 10.5. The summed E-state index contributed by atoms with van der Waals surface area (Å²) < 4.78 is 0. The Hall–Kier alpha value is -3.40. The number of fused-ring (bicyclic) bond motifs is 1. The number of aromatic carboxylic acids is 1. The van der Waals surface area contributed by atoms with Gasteiger partial charge in [-0.25, -0.2) is 4.79 Å². The predicted molar refractivity (Wildman–Crippen MR) is 123 cm³/mol. The Bertz CT molecular complexity index is 1170. The van der Waals surface area contributed by atoms with Gasteiger partial charge in [-0.2, -0.15) is 0 Å². The fraction of sp³-hybridized carbons (Fsp3) is 0.259. The predicted octanol–water partition coefficient (Wildman–Crippen LogP) is 5.98. The molecule has 31 heavy (non-hydrogen) atoms. The van der Waals surface area contributed by atoms with Gasteiger partial charge in [-0.3, -0.25) is 9.69 Å². The molecule has 4 heteroatoms. The number of rotatable bonds is 3. The molecule has 1 aliphatic heterocycles. The minimum Gasteiger partial charge on any atom is -0.478 e. The number of carboxylic acid groups (broad SMARTS) is 1. The second kappa shape index (κ2) is 7.09. The summed E-state index contributed by atoms with van der Waals surface area (Å²) in [7, 11) is 0. The summed E-state index contributed by atoms with van der Waals surface area (Å²) in [5, 5.41) is 9.21. The molecular weight excluding hydrogens is 386 g/mol. The minimum absolute atomic E-state index is 0.0333. The van der Waals surface area contributed by atoms with Crippen molar-refractivity contribution >= 4 is 23.3 Å². The maximum Gasteiger partial charge on any atom is 0.335 e. The van der Waals surface area contributed by atoms with E-state index in [1.807, 2.05) is 26.0 Å². The second-order valence-corrected chi connectivity index (χ2v) is 9.47. The first-order valence-electron chi connectivity index (χ1n) is 10.4. The zero-order valence-corrected chi connectivity index (χ0v) is 18.6. The van der Waals surface area contributed by atoms with E-state index in [1.54, 1.807) is 17.0 Å². The third kappa shape index (κ3) is 3.32. The van der Waals surface area contributed by atoms with Crippen LogP contribution in [0.5, 0.6) is 0 Å². The highest BCUT2D eigenvalue weighted by Gasteiger charge is 2.49. The van der Waals surface area contributed by atoms with Crippen molar-refractivity contribution in [1.82, 2.24) is 0 Å². The molecule has 0 radical (unpaired) electrons. The van der Waals surface area contributed by atoms with Crippen molar-refractivity contribution in [2.75, 3.05) is 4.90 Å². The fourth-order valence-corrected chi connectivity index (χ4v) is 4.29. The molecular formula is C27H27NO3. The van der Waals surface area contributed by atoms with E-state index in [2.05, 4.69) is 51.1 Å². The van der Waals surface area contributed by atoms with Crippen molar-refractivity contribution in [2.45, 2.75) is 45.4 Å². The van der Waals surface area contributed by atoms with E-state index in [1.165, 1.54) is 17.7 Å². The van der Waals surface area contributed by atoms with Gasteiger partial charge in [0.2, 0.25) is 5.91 Å². The SMILES string of the molecule is Cc1ccc2c(c1)C(C)(c1ccc(C(C)(C)C)cc1)C(=O)N2c1ccc(C(=O)O)cc1. The summed E-state index contributed by atoms with van der Waals surface area (Å²) >= 11 is 0. The molecule has 0 spiro atoms. The van der Waals surface area contributed by atoms with Crippen molar-refractivity contribution in [3.8, 4) is 0 Å². The summed E-state index contributed by atoms with van der Waals surface area (Å²) in [4.78, 5) is 26.9. The Morgan fingerprint density at radius 2 is 1.55 bits per heavy atom. The highest BCUT2D eigenvalue weighted by atomic mass is 16.4. The molecule has 158 valence electrons. The van der Waals surface area contributed by atoms with E-state index in [-0.39, 0.29) is 16.9 Å². The van der Waals surface area contributed by atoms with E-state index in [0.29, 0.717) is 5.69 Å². The van der Waals surface area contributed by atoms with Gasteiger partial charge in [0.15, 0.2) is 0 Å². The fourth-order valence-electron chi connectivity index (χ4n) is 4.29. The molecule has 1 amide bonds. The summed E-state index contributed by atoms with van der Waals surface area (Å²) in [6, 6.07) is 20.8. The summed E-state index contributed by atoms with van der Waals surface area (Å²) in [5.74, 6) is -1.03. The molecule has 3 aromatic carbocycles. The standard InChI is InChI=1S/C27H27NO3/c1-17-6-15-23-22(16-17)27(5,20-11-9-19(10-12-20)26(2,3)4)25(31)28(23)21-13-7-18(8-14-21)24(29)30/h6-16H,1-5H3,(H,29,30). The normalized spacial score (nSPS) is 18.2. The van der Waals surface area contributed by atoms with Crippen LogP contribution in [0.15, 0.2) is 66.7 Å². The third-order valence-corrected chi connectivity index (χ3v) is 6.26. The van der Waals surface area contributed by atoms with Gasteiger partial charge in [0.05, 0.1) is 16.7 Å². The van der Waals surface area contributed by atoms with Crippen molar-refractivity contribution in [3.05, 3.63) is 94.5 Å². The Balaban J connectivity index is 1.86. The van der Waals surface area contributed by atoms with Gasteiger partial charge < -0.3 is 5.11 Å².